The van der Waals surface area contributed by atoms with Crippen LogP contribution in [0.25, 0.3) is 0 Å². The number of carbonyl (C=O) groups is 2. The summed E-state index contributed by atoms with van der Waals surface area (Å²) in [5.74, 6) is -4.35. The van der Waals surface area contributed by atoms with E-state index in [0.717, 1.165) is 6.20 Å². The number of carbonyl (C=O) groups excluding carboxylic acids is 2. The highest BCUT2D eigenvalue weighted by molar-refractivity contribution is 6.30. The van der Waals surface area contributed by atoms with Crippen molar-refractivity contribution in [2.75, 3.05) is 6.54 Å². The van der Waals surface area contributed by atoms with Crippen LogP contribution in [0.4, 0.5) is 8.78 Å². The van der Waals surface area contributed by atoms with E-state index in [1.165, 1.54) is 15.8 Å². The van der Waals surface area contributed by atoms with Gasteiger partial charge in [-0.25, -0.2) is 8.78 Å². The number of fused-ring (bicyclic) bond motifs is 5. The van der Waals surface area contributed by atoms with E-state index in [9.17, 15) is 28.3 Å². The van der Waals surface area contributed by atoms with Crippen molar-refractivity contribution in [3.63, 3.8) is 0 Å². The van der Waals surface area contributed by atoms with Gasteiger partial charge in [-0.1, -0.05) is 11.6 Å². The van der Waals surface area contributed by atoms with Gasteiger partial charge >= 0.3 is 0 Å². The molecular formula is C23H24ClF2N5O5. The lowest BCUT2D eigenvalue weighted by Gasteiger charge is -2.42. The Bertz CT molecular complexity index is 1350. The van der Waals surface area contributed by atoms with Crippen molar-refractivity contribution < 1.29 is 28.3 Å². The van der Waals surface area contributed by atoms with E-state index in [0.29, 0.717) is 19.3 Å². The van der Waals surface area contributed by atoms with Gasteiger partial charge in [-0.15, -0.1) is 0 Å². The number of hydrogen-bond acceptors (Lipinski definition) is 7. The molecule has 3 aliphatic rings. The third-order valence-corrected chi connectivity index (χ3v) is 7.84. The molecule has 5 heterocycles. The molecule has 0 aromatic carbocycles. The summed E-state index contributed by atoms with van der Waals surface area (Å²) in [5, 5.41) is 11.5. The van der Waals surface area contributed by atoms with Gasteiger partial charge in [-0.3, -0.25) is 24.2 Å². The fourth-order valence-corrected chi connectivity index (χ4v) is 5.71. The number of hydroxylamine groups is 2. The number of nitrogens with two attached hydrogens (primary N) is 1. The van der Waals surface area contributed by atoms with E-state index in [-0.39, 0.29) is 36.6 Å². The topological polar surface area (TPSA) is 131 Å². The number of pyridine rings is 2. The normalized spacial score (nSPS) is 27.9. The van der Waals surface area contributed by atoms with Crippen LogP contribution in [0, 0.1) is 11.6 Å². The van der Waals surface area contributed by atoms with Crippen molar-refractivity contribution in [1.82, 2.24) is 19.5 Å². The van der Waals surface area contributed by atoms with Crippen LogP contribution in [0.1, 0.15) is 65.7 Å². The molecule has 2 aromatic rings. The molecule has 0 saturated carbocycles. The van der Waals surface area contributed by atoms with E-state index >= 15 is 0 Å². The molecule has 4 atom stereocenters. The third-order valence-electron chi connectivity index (χ3n) is 7.50. The van der Waals surface area contributed by atoms with Crippen molar-refractivity contribution in [3.8, 4) is 5.75 Å². The zero-order valence-electron chi connectivity index (χ0n) is 19.5. The Labute approximate surface area is 209 Å². The Morgan fingerprint density at radius 3 is 2.75 bits per heavy atom. The van der Waals surface area contributed by atoms with Gasteiger partial charge in [0.25, 0.3) is 11.8 Å². The summed E-state index contributed by atoms with van der Waals surface area (Å²) in [7, 11) is 0. The van der Waals surface area contributed by atoms with Crippen LogP contribution in [0.15, 0.2) is 17.2 Å². The maximum absolute atomic E-state index is 14.6. The van der Waals surface area contributed by atoms with E-state index in [1.54, 1.807) is 4.90 Å². The van der Waals surface area contributed by atoms with Gasteiger partial charge in [0.15, 0.2) is 23.1 Å². The molecule has 5 rings (SSSR count). The van der Waals surface area contributed by atoms with Gasteiger partial charge in [-0.2, -0.15) is 5.06 Å². The van der Waals surface area contributed by atoms with Gasteiger partial charge in [0, 0.05) is 24.8 Å². The second-order valence-corrected chi connectivity index (χ2v) is 10.0. The minimum atomic E-state index is -1.03. The molecule has 2 fully saturated rings. The first-order valence-electron chi connectivity index (χ1n) is 11.5. The molecule has 3 aliphatic heterocycles. The number of hydrogen-bond donors (Lipinski definition) is 2. The summed E-state index contributed by atoms with van der Waals surface area (Å²) in [6.07, 6.45) is 3.54. The number of halogens is 3. The number of aromatic nitrogens is 2. The maximum atomic E-state index is 14.6. The van der Waals surface area contributed by atoms with Gasteiger partial charge < -0.3 is 20.3 Å². The molecule has 1 spiro atoms. The van der Waals surface area contributed by atoms with Crippen molar-refractivity contribution in [2.24, 2.45) is 5.73 Å². The SMILES string of the molecule is CC1C[C@]2(CC[C@H](C)N3C[C@H]2n2cc(C(N)=O)c(=O)c(O)c2C3=O)ON1Cc1ncc(F)c(Cl)c1F. The summed E-state index contributed by atoms with van der Waals surface area (Å²) >= 11 is 5.71. The van der Waals surface area contributed by atoms with Crippen LogP contribution in [-0.2, 0) is 11.4 Å². The number of aromatic hydroxyl groups is 1. The Morgan fingerprint density at radius 2 is 2.06 bits per heavy atom. The van der Waals surface area contributed by atoms with Crippen LogP contribution in [-0.4, -0.2) is 60.7 Å². The van der Waals surface area contributed by atoms with Crippen LogP contribution >= 0.6 is 11.6 Å². The fraction of sp³-hybridized carbons (Fsp3) is 0.478. The monoisotopic (exact) mass is 523 g/mol. The highest BCUT2D eigenvalue weighted by Gasteiger charge is 2.55. The van der Waals surface area contributed by atoms with E-state index in [2.05, 4.69) is 4.98 Å². The molecule has 3 N–H and O–H groups in total. The molecule has 0 radical (unpaired) electrons. The fourth-order valence-electron chi connectivity index (χ4n) is 5.55. The second-order valence-electron chi connectivity index (χ2n) is 9.67. The molecule has 1 unspecified atom stereocenters. The maximum Gasteiger partial charge on any atom is 0.274 e. The van der Waals surface area contributed by atoms with Crippen LogP contribution in [0.2, 0.25) is 5.02 Å². The summed E-state index contributed by atoms with van der Waals surface area (Å²) in [4.78, 5) is 49.6. The molecule has 2 amide bonds. The van der Waals surface area contributed by atoms with Crippen molar-refractivity contribution in [3.05, 3.63) is 56.2 Å². The highest BCUT2D eigenvalue weighted by Crippen LogP contribution is 2.48. The Kier molecular flexibility index (Phi) is 5.80. The number of nitrogens with zero attached hydrogens (tertiary/aromatic N) is 4. The Balaban J connectivity index is 1.59. The summed E-state index contributed by atoms with van der Waals surface area (Å²) in [6, 6.07) is -1.07. The summed E-state index contributed by atoms with van der Waals surface area (Å²) < 4.78 is 29.6. The summed E-state index contributed by atoms with van der Waals surface area (Å²) in [5.41, 5.74) is 2.65. The van der Waals surface area contributed by atoms with Crippen molar-refractivity contribution in [2.45, 2.75) is 63.4 Å². The van der Waals surface area contributed by atoms with Crippen molar-refractivity contribution in [1.29, 1.82) is 0 Å². The van der Waals surface area contributed by atoms with E-state index in [1.807, 2.05) is 13.8 Å². The van der Waals surface area contributed by atoms with Crippen LogP contribution in [0.3, 0.4) is 0 Å². The lowest BCUT2D eigenvalue weighted by atomic mass is 9.84. The molecule has 2 aromatic heterocycles. The molecule has 13 heteroatoms. The molecule has 36 heavy (non-hydrogen) atoms. The molecule has 10 nitrogen and oxygen atoms in total. The van der Waals surface area contributed by atoms with Gasteiger partial charge in [0.1, 0.15) is 16.2 Å². The predicted octanol–water partition coefficient (Wildman–Crippen LogP) is 2.12. The molecule has 192 valence electrons. The van der Waals surface area contributed by atoms with Gasteiger partial charge in [0.2, 0.25) is 5.43 Å². The average Bonchev–Trinajstić information content (AvgIpc) is 3.09. The smallest absolute Gasteiger partial charge is 0.274 e. The minimum Gasteiger partial charge on any atom is -0.503 e. The number of amides is 2. The van der Waals surface area contributed by atoms with Gasteiger partial charge in [0.05, 0.1) is 24.5 Å². The molecular weight excluding hydrogens is 500 g/mol. The van der Waals surface area contributed by atoms with E-state index in [4.69, 9.17) is 22.2 Å². The average molecular weight is 524 g/mol. The number of rotatable bonds is 3. The first kappa shape index (κ1) is 24.6. The highest BCUT2D eigenvalue weighted by atomic mass is 35.5. The Morgan fingerprint density at radius 1 is 1.33 bits per heavy atom. The zero-order valence-corrected chi connectivity index (χ0v) is 20.3. The second kappa shape index (κ2) is 8.49. The Hall–Kier alpha value is -3.09. The molecule has 2 bridgehead atoms. The summed E-state index contributed by atoms with van der Waals surface area (Å²) in [6.45, 7) is 3.82. The van der Waals surface area contributed by atoms with Crippen molar-refractivity contribution >= 4 is 23.4 Å². The quantitative estimate of drug-likeness (QED) is 0.630. The lowest BCUT2D eigenvalue weighted by Crippen LogP contribution is -2.52. The molecule has 0 aliphatic carbocycles. The third kappa shape index (κ3) is 3.58. The standard InChI is InChI=1S/C23H24ClF2N5O5/c1-10-3-4-23(5-11(2)31(36-23)8-14-17(26)16(24)13(25)6-28-14)15-9-29(10)22(35)18-20(33)19(32)12(21(27)34)7-30(15)18/h6-7,10-11,15,33H,3-5,8-9H2,1-2H3,(H2,27,34)/t10-,11?,15+,23-/m0/s1. The zero-order chi connectivity index (χ0) is 26.1. The molecule has 2 saturated heterocycles. The number of primary amides is 1. The first-order valence-corrected chi connectivity index (χ1v) is 11.9. The first-order chi connectivity index (χ1) is 16.9. The van der Waals surface area contributed by atoms with Gasteiger partial charge in [-0.05, 0) is 33.1 Å². The van der Waals surface area contributed by atoms with E-state index < -0.39 is 56.9 Å². The lowest BCUT2D eigenvalue weighted by molar-refractivity contribution is -0.226. The largest absolute Gasteiger partial charge is 0.503 e. The van der Waals surface area contributed by atoms with Crippen LogP contribution < -0.4 is 11.2 Å². The predicted molar refractivity (Wildman–Crippen MR) is 122 cm³/mol. The minimum absolute atomic E-state index is 0.0922. The van der Waals surface area contributed by atoms with Crippen LogP contribution in [0.5, 0.6) is 5.75 Å².